The Bertz CT molecular complexity index is 975. The third kappa shape index (κ3) is 26.0. The van der Waals surface area contributed by atoms with Crippen molar-refractivity contribution < 1.29 is 24.0 Å². The van der Waals surface area contributed by atoms with Crippen LogP contribution in [0, 0.1) is 29.6 Å². The molecule has 0 aromatic rings. The molecule has 0 radical (unpaired) electrons. The first-order valence-electron chi connectivity index (χ1n) is 20.5. The van der Waals surface area contributed by atoms with E-state index in [4.69, 9.17) is 0 Å². The topological polar surface area (TPSA) is 137 Å². The lowest BCUT2D eigenvalue weighted by atomic mass is 9.80. The molecule has 0 unspecified atom stereocenters. The molecule has 4 aliphatic rings. The highest BCUT2D eigenvalue weighted by molar-refractivity contribution is 5.79. The second-order valence-corrected chi connectivity index (χ2v) is 16.1. The number of likely N-dealkylation sites (N-methyl/N-ethyl adjacent to an activating group) is 1. The van der Waals surface area contributed by atoms with Gasteiger partial charge in [0.1, 0.15) is 28.9 Å². The van der Waals surface area contributed by atoms with Crippen LogP contribution in [-0.4, -0.2) is 107 Å². The molecular weight excluding hydrogens is 654 g/mol. The van der Waals surface area contributed by atoms with Crippen molar-refractivity contribution >= 4 is 28.9 Å². The Morgan fingerprint density at radius 1 is 0.481 bits per heavy atom. The molecule has 0 aromatic carbocycles. The number of Topliss-reactive ketones (excluding diaryl/α,β-unsaturated/α-hetero) is 5. The molecule has 1 saturated heterocycles. The molecule has 0 aromatic heterocycles. The molecule has 0 bridgehead atoms. The van der Waals surface area contributed by atoms with Crippen molar-refractivity contribution in [2.45, 2.75) is 149 Å². The van der Waals surface area contributed by atoms with Crippen molar-refractivity contribution in [3.63, 3.8) is 0 Å². The van der Waals surface area contributed by atoms with Crippen molar-refractivity contribution in [2.75, 3.05) is 61.4 Å². The number of carbonyl (C=O) groups is 5. The molecule has 304 valence electrons. The molecule has 10 nitrogen and oxygen atoms in total. The molecular formula is C42H81N5O5. The van der Waals surface area contributed by atoms with Gasteiger partial charge in [-0.05, 0) is 197 Å². The number of piperidine rings is 1. The Balaban J connectivity index is 0.000000635. The Morgan fingerprint density at radius 2 is 0.846 bits per heavy atom. The van der Waals surface area contributed by atoms with Gasteiger partial charge in [0.2, 0.25) is 0 Å². The quantitative estimate of drug-likeness (QED) is 0.195. The smallest absolute Gasteiger partial charge is 0.143 e. The number of hydrogen-bond acceptors (Lipinski definition) is 10. The van der Waals surface area contributed by atoms with E-state index in [9.17, 15) is 24.0 Å². The fourth-order valence-electron chi connectivity index (χ4n) is 7.83. The summed E-state index contributed by atoms with van der Waals surface area (Å²) < 4.78 is 0. The van der Waals surface area contributed by atoms with Crippen molar-refractivity contribution in [3.05, 3.63) is 0 Å². The zero-order valence-electron chi connectivity index (χ0n) is 35.2. The highest BCUT2D eigenvalue weighted by atomic mass is 16.1. The van der Waals surface area contributed by atoms with Crippen LogP contribution in [0.15, 0.2) is 0 Å². The highest BCUT2D eigenvalue weighted by Crippen LogP contribution is 2.29. The summed E-state index contributed by atoms with van der Waals surface area (Å²) in [5.41, 5.74) is 0. The molecule has 52 heavy (non-hydrogen) atoms. The summed E-state index contributed by atoms with van der Waals surface area (Å²) in [7, 11) is 9.91. The van der Waals surface area contributed by atoms with Crippen LogP contribution in [0.4, 0.5) is 0 Å². The number of nitrogens with one attached hydrogen (secondary N) is 4. The molecule has 1 heterocycles. The Kier molecular flexibility index (Phi) is 29.4. The third-order valence-corrected chi connectivity index (χ3v) is 11.3. The summed E-state index contributed by atoms with van der Waals surface area (Å²) in [6.45, 7) is 12.3. The summed E-state index contributed by atoms with van der Waals surface area (Å²) in [4.78, 5) is 56.0. The lowest BCUT2D eigenvalue weighted by molar-refractivity contribution is -0.122. The summed E-state index contributed by atoms with van der Waals surface area (Å²) in [6.07, 6.45) is 18.1. The summed E-state index contributed by atoms with van der Waals surface area (Å²) in [5.74, 6) is 4.52. The Morgan fingerprint density at radius 3 is 1.15 bits per heavy atom. The van der Waals surface area contributed by atoms with Crippen LogP contribution in [0.2, 0.25) is 0 Å². The van der Waals surface area contributed by atoms with E-state index >= 15 is 0 Å². The maximum Gasteiger partial charge on any atom is 0.143 e. The van der Waals surface area contributed by atoms with Crippen LogP contribution in [0.1, 0.15) is 137 Å². The number of nitrogens with zero attached hydrogens (tertiary/aromatic N) is 1. The van der Waals surface area contributed by atoms with E-state index in [0.717, 1.165) is 64.1 Å². The zero-order valence-corrected chi connectivity index (χ0v) is 35.2. The van der Waals surface area contributed by atoms with Crippen LogP contribution in [-0.2, 0) is 24.0 Å². The minimum Gasteiger partial charge on any atom is -0.319 e. The van der Waals surface area contributed by atoms with E-state index in [2.05, 4.69) is 33.2 Å². The van der Waals surface area contributed by atoms with Crippen molar-refractivity contribution in [2.24, 2.45) is 29.6 Å². The van der Waals surface area contributed by atoms with Gasteiger partial charge in [-0.25, -0.2) is 0 Å². The fourth-order valence-corrected chi connectivity index (χ4v) is 7.83. The molecule has 4 fully saturated rings. The van der Waals surface area contributed by atoms with Crippen molar-refractivity contribution in [3.8, 4) is 0 Å². The largest absolute Gasteiger partial charge is 0.319 e. The van der Waals surface area contributed by atoms with Crippen LogP contribution in [0.3, 0.4) is 0 Å². The molecule has 3 saturated carbocycles. The van der Waals surface area contributed by atoms with Gasteiger partial charge in [-0.3, -0.25) is 14.4 Å². The minimum atomic E-state index is 0.178. The second-order valence-electron chi connectivity index (χ2n) is 16.1. The highest BCUT2D eigenvalue weighted by Gasteiger charge is 2.24. The van der Waals surface area contributed by atoms with E-state index in [0.29, 0.717) is 65.4 Å². The lowest BCUT2D eigenvalue weighted by Gasteiger charge is -2.28. The van der Waals surface area contributed by atoms with Gasteiger partial charge in [-0.15, -0.1) is 0 Å². The number of ketones is 5. The number of likely N-dealkylation sites (tertiary alicyclic amines) is 1. The SMILES string of the molecule is CC(=O)CC1CCN(C)CC1.CNC1CCC(C(C)=O)CC1.CNC1CCC(CC(C)=O)CC1.CNCC(C)=O.CNCC1CCC(C(C)=O)CC1. The average Bonchev–Trinajstić information content (AvgIpc) is 3.11. The molecule has 0 spiro atoms. The first-order valence-corrected chi connectivity index (χ1v) is 20.5. The summed E-state index contributed by atoms with van der Waals surface area (Å²) in [5, 5.41) is 12.5. The van der Waals surface area contributed by atoms with Crippen LogP contribution >= 0.6 is 0 Å². The summed E-state index contributed by atoms with van der Waals surface area (Å²) >= 11 is 0. The number of hydrogen-bond donors (Lipinski definition) is 4. The van der Waals surface area contributed by atoms with Gasteiger partial charge in [-0.2, -0.15) is 0 Å². The standard InChI is InChI=1S/2C10H19NO.2C9H17NO.C4H9NO/c1-8(12)10-5-3-9(4-6-10)7-11-2;1-8(12)7-9-3-5-10(11-2)6-4-9;1-8(11)7-9-3-5-10(2)6-4-9;1-7(11)8-3-5-9(10-2)6-4-8;1-4(6)3-5-2/h2*9-11H,3-7H2,1-2H3;9H,3-7H2,1-2H3;8-10H,3-6H2,1-2H3;5H,3H2,1-2H3. The number of carbonyl (C=O) groups excluding carboxylic acids is 5. The molecule has 1 aliphatic heterocycles. The molecule has 4 N–H and O–H groups in total. The van der Waals surface area contributed by atoms with E-state index in [-0.39, 0.29) is 5.78 Å². The van der Waals surface area contributed by atoms with Crippen molar-refractivity contribution in [1.29, 1.82) is 0 Å². The second kappa shape index (κ2) is 30.5. The van der Waals surface area contributed by atoms with E-state index in [1.54, 1.807) is 41.7 Å². The monoisotopic (exact) mass is 736 g/mol. The van der Waals surface area contributed by atoms with Gasteiger partial charge >= 0.3 is 0 Å². The number of rotatable bonds is 12. The van der Waals surface area contributed by atoms with Gasteiger partial charge in [0.05, 0.1) is 6.54 Å². The van der Waals surface area contributed by atoms with Gasteiger partial charge < -0.3 is 35.8 Å². The maximum absolute atomic E-state index is 11.0. The van der Waals surface area contributed by atoms with Crippen molar-refractivity contribution in [1.82, 2.24) is 26.2 Å². The molecule has 4 rings (SSSR count). The van der Waals surface area contributed by atoms with Gasteiger partial charge in [0.15, 0.2) is 0 Å². The summed E-state index contributed by atoms with van der Waals surface area (Å²) in [6, 6.07) is 1.36. The molecule has 10 heteroatoms. The minimum absolute atomic E-state index is 0.178. The van der Waals surface area contributed by atoms with Gasteiger partial charge in [0, 0.05) is 36.8 Å². The predicted molar refractivity (Wildman–Crippen MR) is 216 cm³/mol. The molecule has 0 atom stereocenters. The first kappa shape index (κ1) is 50.1. The van der Waals surface area contributed by atoms with Crippen LogP contribution in [0.5, 0.6) is 0 Å². The molecule has 3 aliphatic carbocycles. The molecule has 0 amide bonds. The predicted octanol–water partition coefficient (Wildman–Crippen LogP) is 5.80. The zero-order chi connectivity index (χ0) is 39.5. The van der Waals surface area contributed by atoms with E-state index < -0.39 is 0 Å². The average molecular weight is 736 g/mol. The third-order valence-electron chi connectivity index (χ3n) is 11.3. The van der Waals surface area contributed by atoms with Crippen LogP contribution in [0.25, 0.3) is 0 Å². The lowest BCUT2D eigenvalue weighted by Crippen LogP contribution is -2.31. The Hall–Kier alpha value is -1.85. The maximum atomic E-state index is 11.0. The van der Waals surface area contributed by atoms with E-state index in [1.807, 2.05) is 21.1 Å². The first-order chi connectivity index (χ1) is 24.6. The Labute approximate surface area is 318 Å². The van der Waals surface area contributed by atoms with E-state index in [1.165, 1.54) is 64.2 Å². The van der Waals surface area contributed by atoms with Gasteiger partial charge in [0.25, 0.3) is 0 Å². The van der Waals surface area contributed by atoms with Gasteiger partial charge in [-0.1, -0.05) is 0 Å². The normalized spacial score (nSPS) is 26.3. The van der Waals surface area contributed by atoms with Crippen LogP contribution < -0.4 is 21.3 Å². The fraction of sp³-hybridized carbons (Fsp3) is 0.881.